The molecule has 0 bridgehead atoms. The number of benzene rings is 2. The first-order valence-corrected chi connectivity index (χ1v) is 12.5. The third-order valence-corrected chi connectivity index (χ3v) is 6.45. The van der Waals surface area contributed by atoms with Crippen molar-refractivity contribution in [1.82, 2.24) is 5.32 Å². The molecular weight excluding hydrogens is 450 g/mol. The van der Waals surface area contributed by atoms with E-state index in [1.807, 2.05) is 89.2 Å². The van der Waals surface area contributed by atoms with Gasteiger partial charge in [0, 0.05) is 4.90 Å². The first-order valence-electron chi connectivity index (χ1n) is 11.7. The van der Waals surface area contributed by atoms with Gasteiger partial charge in [0.1, 0.15) is 24.8 Å². The number of nitrogens with one attached hydrogen (secondary N) is 1. The number of hydrogen-bond donors (Lipinski definition) is 1. The molecule has 1 fully saturated rings. The molecule has 1 heterocycles. The Hall–Kier alpha value is -2.19. The van der Waals surface area contributed by atoms with E-state index in [1.54, 1.807) is 0 Å². The van der Waals surface area contributed by atoms with Gasteiger partial charge in [-0.1, -0.05) is 73.6 Å². The lowest BCUT2D eigenvalue weighted by atomic mass is 10.0. The molecule has 3 rings (SSSR count). The fourth-order valence-electron chi connectivity index (χ4n) is 3.74. The van der Waals surface area contributed by atoms with Crippen LogP contribution in [0.25, 0.3) is 0 Å². The molecule has 6 nitrogen and oxygen atoms in total. The lowest BCUT2D eigenvalue weighted by Crippen LogP contribution is -2.54. The maximum Gasteiger partial charge on any atom is 0.323 e. The van der Waals surface area contributed by atoms with E-state index in [9.17, 15) is 9.59 Å². The molecule has 0 amide bonds. The van der Waals surface area contributed by atoms with Crippen LogP contribution in [0.4, 0.5) is 0 Å². The maximum absolute atomic E-state index is 13.4. The highest BCUT2D eigenvalue weighted by Crippen LogP contribution is 2.29. The van der Waals surface area contributed by atoms with Crippen LogP contribution in [0, 0.1) is 12.8 Å². The van der Waals surface area contributed by atoms with E-state index >= 15 is 0 Å². The van der Waals surface area contributed by atoms with Gasteiger partial charge in [0.2, 0.25) is 5.12 Å². The van der Waals surface area contributed by atoms with Gasteiger partial charge >= 0.3 is 5.97 Å². The molecule has 0 unspecified atom stereocenters. The number of carbonyl (C=O) groups excluding carboxylic acids is 2. The van der Waals surface area contributed by atoms with E-state index < -0.39 is 24.0 Å². The van der Waals surface area contributed by atoms with Crippen LogP contribution in [0.5, 0.6) is 0 Å². The third kappa shape index (κ3) is 7.94. The largest absolute Gasteiger partial charge is 0.460 e. The predicted molar refractivity (Wildman–Crippen MR) is 133 cm³/mol. The Morgan fingerprint density at radius 2 is 1.79 bits per heavy atom. The summed E-state index contributed by atoms with van der Waals surface area (Å²) < 4.78 is 17.4. The maximum atomic E-state index is 13.4. The van der Waals surface area contributed by atoms with Crippen molar-refractivity contribution >= 4 is 22.8 Å². The van der Waals surface area contributed by atoms with Crippen LogP contribution in [-0.2, 0) is 30.4 Å². The molecule has 0 aliphatic carbocycles. The first kappa shape index (κ1) is 26.4. The molecular formula is C27H35NO5S. The zero-order valence-corrected chi connectivity index (χ0v) is 21.4. The monoisotopic (exact) mass is 485 g/mol. The molecule has 0 aromatic heterocycles. The molecule has 1 aliphatic rings. The Morgan fingerprint density at radius 1 is 1.12 bits per heavy atom. The molecule has 2 aromatic carbocycles. The molecule has 0 saturated carbocycles. The zero-order valence-electron chi connectivity index (χ0n) is 20.6. The number of ether oxygens (including phenoxy) is 3. The summed E-state index contributed by atoms with van der Waals surface area (Å²) in [6, 6.07) is 16.0. The van der Waals surface area contributed by atoms with Crippen molar-refractivity contribution < 1.29 is 23.8 Å². The standard InChI is InChI=1S/C27H35NO5S/c1-18(2)15-22(25(29)31-16-20-9-7-6-8-10-20)28-24(23-17-32-27(4,5)33-23)26(30)34-21-13-11-19(3)12-14-21/h6-14,18,22-24,28H,15-17H2,1-5H3/t22-,23+,24+/m0/s1. The van der Waals surface area contributed by atoms with Crippen LogP contribution in [-0.4, -0.2) is 41.7 Å². The molecule has 0 spiro atoms. The van der Waals surface area contributed by atoms with Crippen LogP contribution in [0.3, 0.4) is 0 Å². The summed E-state index contributed by atoms with van der Waals surface area (Å²) in [5.74, 6) is -0.950. The second-order valence-electron chi connectivity index (χ2n) is 9.52. The molecule has 2 aromatic rings. The van der Waals surface area contributed by atoms with E-state index in [1.165, 1.54) is 0 Å². The van der Waals surface area contributed by atoms with Crippen LogP contribution in [0.15, 0.2) is 59.5 Å². The summed E-state index contributed by atoms with van der Waals surface area (Å²) in [6.45, 7) is 10.2. The van der Waals surface area contributed by atoms with Crippen molar-refractivity contribution in [2.45, 2.75) is 76.5 Å². The van der Waals surface area contributed by atoms with Crippen molar-refractivity contribution in [3.63, 3.8) is 0 Å². The molecule has 34 heavy (non-hydrogen) atoms. The van der Waals surface area contributed by atoms with Gasteiger partial charge in [-0.25, -0.2) is 0 Å². The summed E-state index contributed by atoms with van der Waals surface area (Å²) in [6.07, 6.45) is 0.0147. The summed E-state index contributed by atoms with van der Waals surface area (Å²) in [7, 11) is 0. The number of esters is 1. The fourth-order valence-corrected chi connectivity index (χ4v) is 4.59. The Kier molecular flexibility index (Phi) is 9.31. The van der Waals surface area contributed by atoms with E-state index in [4.69, 9.17) is 14.2 Å². The Balaban J connectivity index is 1.76. The van der Waals surface area contributed by atoms with Gasteiger partial charge in [-0.3, -0.25) is 14.9 Å². The first-order chi connectivity index (χ1) is 16.1. The van der Waals surface area contributed by atoms with Crippen molar-refractivity contribution in [3.05, 3.63) is 65.7 Å². The molecule has 1 aliphatic heterocycles. The number of thioether (sulfide) groups is 1. The van der Waals surface area contributed by atoms with Crippen molar-refractivity contribution in [2.24, 2.45) is 5.92 Å². The minimum absolute atomic E-state index is 0.125. The molecule has 1 saturated heterocycles. The smallest absolute Gasteiger partial charge is 0.323 e. The third-order valence-electron chi connectivity index (χ3n) is 5.49. The summed E-state index contributed by atoms with van der Waals surface area (Å²) in [4.78, 5) is 27.3. The van der Waals surface area contributed by atoms with Gasteiger partial charge < -0.3 is 14.2 Å². The average Bonchev–Trinajstić information content (AvgIpc) is 3.16. The minimum Gasteiger partial charge on any atom is -0.460 e. The summed E-state index contributed by atoms with van der Waals surface area (Å²) in [5, 5.41) is 3.16. The molecule has 0 radical (unpaired) electrons. The second-order valence-corrected chi connectivity index (χ2v) is 10.6. The van der Waals surface area contributed by atoms with E-state index in [0.29, 0.717) is 6.42 Å². The number of aryl methyl sites for hydroxylation is 1. The van der Waals surface area contributed by atoms with Gasteiger partial charge in [0.05, 0.1) is 6.61 Å². The van der Waals surface area contributed by atoms with Gasteiger partial charge in [0.25, 0.3) is 0 Å². The molecule has 1 N–H and O–H groups in total. The van der Waals surface area contributed by atoms with Crippen LogP contribution in [0.2, 0.25) is 0 Å². The number of hydrogen-bond acceptors (Lipinski definition) is 7. The van der Waals surface area contributed by atoms with Crippen LogP contribution >= 0.6 is 11.8 Å². The second kappa shape index (κ2) is 12.0. The van der Waals surface area contributed by atoms with Gasteiger partial charge in [0.15, 0.2) is 5.79 Å². The lowest BCUT2D eigenvalue weighted by Gasteiger charge is -2.28. The zero-order chi connectivity index (χ0) is 24.7. The van der Waals surface area contributed by atoms with Crippen LogP contribution in [0.1, 0.15) is 45.2 Å². The summed E-state index contributed by atoms with van der Waals surface area (Å²) in [5.41, 5.74) is 2.04. The number of rotatable bonds is 10. The summed E-state index contributed by atoms with van der Waals surface area (Å²) >= 11 is 1.14. The van der Waals surface area contributed by atoms with Crippen LogP contribution < -0.4 is 5.32 Å². The van der Waals surface area contributed by atoms with Crippen molar-refractivity contribution in [3.8, 4) is 0 Å². The van der Waals surface area contributed by atoms with Crippen molar-refractivity contribution in [1.29, 1.82) is 0 Å². The predicted octanol–water partition coefficient (Wildman–Crippen LogP) is 4.88. The highest BCUT2D eigenvalue weighted by molar-refractivity contribution is 8.13. The lowest BCUT2D eigenvalue weighted by molar-refractivity contribution is -0.150. The number of carbonyl (C=O) groups is 2. The topological polar surface area (TPSA) is 73.9 Å². The van der Waals surface area contributed by atoms with E-state index in [2.05, 4.69) is 5.32 Å². The van der Waals surface area contributed by atoms with Gasteiger partial charge in [-0.2, -0.15) is 0 Å². The van der Waals surface area contributed by atoms with Gasteiger partial charge in [-0.15, -0.1) is 0 Å². The molecule has 184 valence electrons. The highest BCUT2D eigenvalue weighted by atomic mass is 32.2. The molecule has 7 heteroatoms. The quantitative estimate of drug-likeness (QED) is 0.380. The Morgan fingerprint density at radius 3 is 2.38 bits per heavy atom. The average molecular weight is 486 g/mol. The minimum atomic E-state index is -0.791. The SMILES string of the molecule is Cc1ccc(SC(=O)[C@H](N[C@@H](CC(C)C)C(=O)OCc2ccccc2)[C@H]2COC(C)(C)O2)cc1. The van der Waals surface area contributed by atoms with E-state index in [0.717, 1.165) is 27.8 Å². The Labute approximate surface area is 206 Å². The van der Waals surface area contributed by atoms with E-state index in [-0.39, 0.29) is 30.2 Å². The molecule has 3 atom stereocenters. The van der Waals surface area contributed by atoms with Crippen molar-refractivity contribution in [2.75, 3.05) is 6.61 Å². The highest BCUT2D eigenvalue weighted by Gasteiger charge is 2.42. The fraction of sp³-hybridized carbons (Fsp3) is 0.481. The Bertz CT molecular complexity index is 945. The normalized spacial score (nSPS) is 19.1. The van der Waals surface area contributed by atoms with Gasteiger partial charge in [-0.05, 0) is 50.8 Å².